The van der Waals surface area contributed by atoms with Gasteiger partial charge in [0.05, 0.1) is 0 Å². The number of rotatable bonds is 12. The average molecular weight is 266 g/mol. The van der Waals surface area contributed by atoms with Crippen LogP contribution in [-0.4, -0.2) is 11.6 Å². The highest BCUT2D eigenvalue weighted by Gasteiger charge is 2.18. The van der Waals surface area contributed by atoms with Crippen molar-refractivity contribution in [3.05, 3.63) is 12.2 Å². The van der Waals surface area contributed by atoms with Crippen LogP contribution in [0.4, 0.5) is 0 Å². The largest absolute Gasteiger partial charge is 0.300 e. The maximum atomic E-state index is 11.8. The molecule has 0 aromatic carbocycles. The van der Waals surface area contributed by atoms with Crippen LogP contribution in [0.15, 0.2) is 12.2 Å². The fourth-order valence-electron chi connectivity index (χ4n) is 2.26. The lowest BCUT2D eigenvalue weighted by molar-refractivity contribution is -0.126. The average Bonchev–Trinajstić information content (AvgIpc) is 2.32. The summed E-state index contributed by atoms with van der Waals surface area (Å²) in [4.78, 5) is 23.3. The Morgan fingerprint density at radius 3 is 2.05 bits per heavy atom. The summed E-state index contributed by atoms with van der Waals surface area (Å²) >= 11 is 0. The summed E-state index contributed by atoms with van der Waals surface area (Å²) in [5.74, 6) is 0.196. The van der Waals surface area contributed by atoms with E-state index >= 15 is 0 Å². The molecule has 0 radical (unpaired) electrons. The molecule has 19 heavy (non-hydrogen) atoms. The number of hydrogen-bond acceptors (Lipinski definition) is 2. The molecule has 0 aromatic heterocycles. The van der Waals surface area contributed by atoms with Crippen LogP contribution in [0.25, 0.3) is 0 Å². The topological polar surface area (TPSA) is 34.1 Å². The van der Waals surface area contributed by atoms with Gasteiger partial charge in [-0.25, -0.2) is 0 Å². The second-order valence-corrected chi connectivity index (χ2v) is 5.73. The Bertz CT molecular complexity index is 292. The van der Waals surface area contributed by atoms with E-state index in [2.05, 4.69) is 13.5 Å². The van der Waals surface area contributed by atoms with E-state index in [9.17, 15) is 9.59 Å². The van der Waals surface area contributed by atoms with Crippen molar-refractivity contribution in [1.29, 1.82) is 0 Å². The Balaban J connectivity index is 3.81. The van der Waals surface area contributed by atoms with E-state index < -0.39 is 0 Å². The van der Waals surface area contributed by atoms with Crippen LogP contribution >= 0.6 is 0 Å². The lowest BCUT2D eigenvalue weighted by Gasteiger charge is -2.12. The van der Waals surface area contributed by atoms with Crippen molar-refractivity contribution in [2.45, 2.75) is 78.6 Å². The van der Waals surface area contributed by atoms with Gasteiger partial charge in [-0.05, 0) is 26.7 Å². The molecule has 110 valence electrons. The van der Waals surface area contributed by atoms with Crippen molar-refractivity contribution in [2.75, 3.05) is 0 Å². The second kappa shape index (κ2) is 11.0. The Kier molecular flexibility index (Phi) is 10.4. The van der Waals surface area contributed by atoms with Gasteiger partial charge in [-0.3, -0.25) is 9.59 Å². The minimum atomic E-state index is -0.148. The molecule has 0 spiro atoms. The lowest BCUT2D eigenvalue weighted by atomic mass is 9.90. The van der Waals surface area contributed by atoms with Gasteiger partial charge in [0.15, 0.2) is 0 Å². The lowest BCUT2D eigenvalue weighted by Crippen LogP contribution is -2.16. The van der Waals surface area contributed by atoms with Crippen LogP contribution in [-0.2, 0) is 9.59 Å². The summed E-state index contributed by atoms with van der Waals surface area (Å²) in [6.45, 7) is 9.51. The van der Waals surface area contributed by atoms with Crippen molar-refractivity contribution < 1.29 is 9.59 Å². The smallest absolute Gasteiger partial charge is 0.133 e. The monoisotopic (exact) mass is 266 g/mol. The molecule has 0 fully saturated rings. The molecule has 0 aliphatic carbocycles. The fourth-order valence-corrected chi connectivity index (χ4v) is 2.26. The third-order valence-electron chi connectivity index (χ3n) is 3.45. The standard InChI is InChI=1S/C17H30O2/c1-5-6-7-8-9-10-11-17(19)13-16(15(4)18)12-14(2)3/h16H,2,5-13H2,1,3-4H3. The highest BCUT2D eigenvalue weighted by atomic mass is 16.1. The quantitative estimate of drug-likeness (QED) is 0.373. The molecule has 0 aromatic rings. The Hall–Kier alpha value is -0.920. The van der Waals surface area contributed by atoms with Crippen molar-refractivity contribution >= 4 is 11.6 Å². The third kappa shape index (κ3) is 10.7. The van der Waals surface area contributed by atoms with Crippen LogP contribution in [0, 0.1) is 5.92 Å². The van der Waals surface area contributed by atoms with E-state index in [1.54, 1.807) is 6.92 Å². The predicted octanol–water partition coefficient (Wildman–Crippen LogP) is 4.87. The molecule has 1 unspecified atom stereocenters. The van der Waals surface area contributed by atoms with Crippen LogP contribution < -0.4 is 0 Å². The van der Waals surface area contributed by atoms with Gasteiger partial charge in [-0.2, -0.15) is 0 Å². The molecule has 0 aliphatic heterocycles. The Morgan fingerprint density at radius 2 is 1.53 bits per heavy atom. The summed E-state index contributed by atoms with van der Waals surface area (Å²) in [5.41, 5.74) is 0.979. The van der Waals surface area contributed by atoms with Gasteiger partial charge >= 0.3 is 0 Å². The van der Waals surface area contributed by atoms with Gasteiger partial charge in [-0.1, -0.05) is 44.6 Å². The van der Waals surface area contributed by atoms with Crippen molar-refractivity contribution in [3.63, 3.8) is 0 Å². The van der Waals surface area contributed by atoms with Gasteiger partial charge < -0.3 is 0 Å². The highest BCUT2D eigenvalue weighted by molar-refractivity contribution is 5.86. The summed E-state index contributed by atoms with van der Waals surface area (Å²) in [6, 6.07) is 0. The van der Waals surface area contributed by atoms with Crippen molar-refractivity contribution in [1.82, 2.24) is 0 Å². The van der Waals surface area contributed by atoms with Crippen molar-refractivity contribution in [3.8, 4) is 0 Å². The summed E-state index contributed by atoms with van der Waals surface area (Å²) in [5, 5.41) is 0. The Labute approximate surface area is 118 Å². The number of Topliss-reactive ketones (excluding diaryl/α,β-unsaturated/α-hetero) is 2. The first-order chi connectivity index (χ1) is 8.97. The SMILES string of the molecule is C=C(C)CC(CC(=O)CCCCCCCC)C(C)=O. The fraction of sp³-hybridized carbons (Fsp3) is 0.765. The molecule has 2 heteroatoms. The summed E-state index contributed by atoms with van der Waals surface area (Å²) in [7, 11) is 0. The van der Waals surface area contributed by atoms with Gasteiger partial charge in [0.25, 0.3) is 0 Å². The van der Waals surface area contributed by atoms with Crippen LogP contribution in [0.5, 0.6) is 0 Å². The normalized spacial score (nSPS) is 12.2. The van der Waals surface area contributed by atoms with E-state index in [1.165, 1.54) is 25.7 Å². The molecular formula is C17H30O2. The van der Waals surface area contributed by atoms with Gasteiger partial charge in [0.1, 0.15) is 11.6 Å². The van der Waals surface area contributed by atoms with E-state index in [1.807, 2.05) is 6.92 Å². The number of carbonyl (C=O) groups is 2. The highest BCUT2D eigenvalue weighted by Crippen LogP contribution is 2.17. The van der Waals surface area contributed by atoms with Gasteiger partial charge in [0.2, 0.25) is 0 Å². The zero-order valence-corrected chi connectivity index (χ0v) is 13.0. The third-order valence-corrected chi connectivity index (χ3v) is 3.45. The maximum absolute atomic E-state index is 11.8. The van der Waals surface area contributed by atoms with E-state index in [0.717, 1.165) is 18.4 Å². The molecule has 1 atom stereocenters. The predicted molar refractivity (Wildman–Crippen MR) is 81.2 cm³/mol. The molecule has 0 saturated heterocycles. The number of unbranched alkanes of at least 4 members (excludes halogenated alkanes) is 5. The molecule has 0 rings (SSSR count). The summed E-state index contributed by atoms with van der Waals surface area (Å²) < 4.78 is 0. The molecule has 0 saturated carbocycles. The molecule has 0 amide bonds. The number of carbonyl (C=O) groups excluding carboxylic acids is 2. The molecule has 0 aliphatic rings. The first kappa shape index (κ1) is 18.1. The zero-order valence-electron chi connectivity index (χ0n) is 13.0. The second-order valence-electron chi connectivity index (χ2n) is 5.73. The van der Waals surface area contributed by atoms with E-state index in [0.29, 0.717) is 19.3 Å². The minimum absolute atomic E-state index is 0.110. The molecule has 0 heterocycles. The van der Waals surface area contributed by atoms with Crippen LogP contribution in [0.1, 0.15) is 78.6 Å². The molecule has 2 nitrogen and oxygen atoms in total. The molecule has 0 N–H and O–H groups in total. The first-order valence-corrected chi connectivity index (χ1v) is 7.63. The maximum Gasteiger partial charge on any atom is 0.133 e. The number of ketones is 2. The zero-order chi connectivity index (χ0) is 14.7. The first-order valence-electron chi connectivity index (χ1n) is 7.63. The van der Waals surface area contributed by atoms with Gasteiger partial charge in [0, 0.05) is 18.8 Å². The Morgan fingerprint density at radius 1 is 0.947 bits per heavy atom. The van der Waals surface area contributed by atoms with Crippen molar-refractivity contribution in [2.24, 2.45) is 5.92 Å². The summed E-state index contributed by atoms with van der Waals surface area (Å²) in [6.07, 6.45) is 8.83. The number of allylic oxidation sites excluding steroid dienone is 1. The van der Waals surface area contributed by atoms with Crippen LogP contribution in [0.2, 0.25) is 0 Å². The minimum Gasteiger partial charge on any atom is -0.300 e. The molecular weight excluding hydrogens is 236 g/mol. The van der Waals surface area contributed by atoms with Gasteiger partial charge in [-0.15, -0.1) is 6.58 Å². The van der Waals surface area contributed by atoms with Crippen LogP contribution in [0.3, 0.4) is 0 Å². The van der Waals surface area contributed by atoms with E-state index in [4.69, 9.17) is 0 Å². The van der Waals surface area contributed by atoms with E-state index in [-0.39, 0.29) is 17.5 Å². The molecule has 0 bridgehead atoms. The number of hydrogen-bond donors (Lipinski definition) is 0.